The molecule has 2 unspecified atom stereocenters. The van der Waals surface area contributed by atoms with Crippen LogP contribution in [0.2, 0.25) is 0 Å². The first-order chi connectivity index (χ1) is 8.50. The number of hydrogen-bond acceptors (Lipinski definition) is 4. The van der Waals surface area contributed by atoms with Gasteiger partial charge in [-0.1, -0.05) is 6.92 Å². The lowest BCUT2D eigenvalue weighted by Crippen LogP contribution is -2.42. The minimum absolute atomic E-state index is 0.0172. The molecule has 1 aromatic rings. The van der Waals surface area contributed by atoms with Crippen LogP contribution in [-0.2, 0) is 0 Å². The van der Waals surface area contributed by atoms with Gasteiger partial charge in [0.1, 0.15) is 5.69 Å². The Balaban J connectivity index is 2.28. The van der Waals surface area contributed by atoms with Gasteiger partial charge in [-0.3, -0.25) is 10.1 Å². The summed E-state index contributed by atoms with van der Waals surface area (Å²) < 4.78 is 0. The summed E-state index contributed by atoms with van der Waals surface area (Å²) >= 11 is 0. The van der Waals surface area contributed by atoms with Crippen molar-refractivity contribution in [2.24, 2.45) is 5.92 Å². The number of hydrogen-bond donors (Lipinski definition) is 1. The highest BCUT2D eigenvalue weighted by Gasteiger charge is 2.25. The van der Waals surface area contributed by atoms with Crippen LogP contribution in [-0.4, -0.2) is 17.5 Å². The number of benzene rings is 1. The maximum Gasteiger partial charge on any atom is 0.292 e. The minimum atomic E-state index is -0.443. The Labute approximate surface area is 107 Å². The van der Waals surface area contributed by atoms with Crippen LogP contribution < -0.4 is 10.6 Å². The van der Waals surface area contributed by atoms with Crippen LogP contribution in [0.3, 0.4) is 0 Å². The molecular formula is C13H19N3O2. The number of nitrogen functional groups attached to an aromatic ring is 1. The fourth-order valence-corrected chi connectivity index (χ4v) is 2.59. The molecule has 1 fully saturated rings. The normalized spacial score (nSPS) is 24.0. The summed E-state index contributed by atoms with van der Waals surface area (Å²) in [6, 6.07) is 5.45. The van der Waals surface area contributed by atoms with Crippen molar-refractivity contribution in [3.8, 4) is 0 Å². The molecule has 1 aromatic carbocycles. The van der Waals surface area contributed by atoms with E-state index in [0.717, 1.165) is 18.7 Å². The second-order valence-electron chi connectivity index (χ2n) is 5.05. The Morgan fingerprint density at radius 2 is 2.17 bits per heavy atom. The lowest BCUT2D eigenvalue weighted by atomic mass is 9.91. The number of nitrogens with two attached hydrogens (primary N) is 1. The third-order valence-corrected chi connectivity index (χ3v) is 3.91. The maximum atomic E-state index is 10.7. The summed E-state index contributed by atoms with van der Waals surface area (Å²) in [6.45, 7) is 5.43. The smallest absolute Gasteiger partial charge is 0.292 e. The Morgan fingerprint density at radius 3 is 2.78 bits per heavy atom. The van der Waals surface area contributed by atoms with Gasteiger partial charge in [-0.15, -0.1) is 0 Å². The number of piperidine rings is 1. The van der Waals surface area contributed by atoms with Gasteiger partial charge in [0.15, 0.2) is 0 Å². The highest BCUT2D eigenvalue weighted by molar-refractivity contribution is 5.67. The molecule has 2 N–H and O–H groups in total. The average molecular weight is 249 g/mol. The van der Waals surface area contributed by atoms with Crippen molar-refractivity contribution in [2.45, 2.75) is 32.7 Å². The van der Waals surface area contributed by atoms with Crippen molar-refractivity contribution in [2.75, 3.05) is 17.2 Å². The van der Waals surface area contributed by atoms with E-state index in [0.29, 0.717) is 12.0 Å². The first-order valence-electron chi connectivity index (χ1n) is 6.31. The van der Waals surface area contributed by atoms with Crippen LogP contribution in [0.15, 0.2) is 18.2 Å². The van der Waals surface area contributed by atoms with Crippen molar-refractivity contribution >= 4 is 17.1 Å². The fraction of sp³-hybridized carbons (Fsp3) is 0.538. The summed E-state index contributed by atoms with van der Waals surface area (Å²) in [7, 11) is 0. The Kier molecular flexibility index (Phi) is 3.41. The topological polar surface area (TPSA) is 72.4 Å². The van der Waals surface area contributed by atoms with Gasteiger partial charge >= 0.3 is 0 Å². The zero-order valence-electron chi connectivity index (χ0n) is 10.8. The molecule has 1 saturated heterocycles. The average Bonchev–Trinajstić information content (AvgIpc) is 2.32. The van der Waals surface area contributed by atoms with Crippen molar-refractivity contribution in [3.63, 3.8) is 0 Å². The summed E-state index contributed by atoms with van der Waals surface area (Å²) in [5.41, 5.74) is 6.95. The van der Waals surface area contributed by atoms with Gasteiger partial charge in [-0.2, -0.15) is 0 Å². The number of nitro groups is 1. The molecule has 0 saturated carbocycles. The molecule has 5 nitrogen and oxygen atoms in total. The molecule has 1 aliphatic heterocycles. The molecule has 0 radical (unpaired) electrons. The summed E-state index contributed by atoms with van der Waals surface area (Å²) in [6.07, 6.45) is 2.39. The molecule has 0 bridgehead atoms. The van der Waals surface area contributed by atoms with Gasteiger partial charge in [-0.05, 0) is 37.8 Å². The number of nitrogens with zero attached hydrogens (tertiary/aromatic N) is 2. The molecule has 0 aliphatic carbocycles. The van der Waals surface area contributed by atoms with Crippen molar-refractivity contribution < 1.29 is 4.92 Å². The van der Waals surface area contributed by atoms with Gasteiger partial charge < -0.3 is 10.6 Å². The van der Waals surface area contributed by atoms with Gasteiger partial charge in [-0.25, -0.2) is 0 Å². The van der Waals surface area contributed by atoms with Crippen LogP contribution >= 0.6 is 0 Å². The van der Waals surface area contributed by atoms with E-state index >= 15 is 0 Å². The van der Waals surface area contributed by atoms with Crippen LogP contribution in [0.1, 0.15) is 26.7 Å². The van der Waals surface area contributed by atoms with E-state index in [9.17, 15) is 10.1 Å². The van der Waals surface area contributed by atoms with E-state index in [1.54, 1.807) is 12.1 Å². The van der Waals surface area contributed by atoms with Crippen LogP contribution in [0.5, 0.6) is 0 Å². The monoisotopic (exact) mass is 249 g/mol. The number of rotatable bonds is 2. The number of anilines is 2. The minimum Gasteiger partial charge on any atom is -0.393 e. The Morgan fingerprint density at radius 1 is 1.44 bits per heavy atom. The second kappa shape index (κ2) is 4.84. The summed E-state index contributed by atoms with van der Waals surface area (Å²) in [5, 5.41) is 10.7. The predicted octanol–water partition coefficient (Wildman–Crippen LogP) is 2.80. The largest absolute Gasteiger partial charge is 0.393 e. The van der Waals surface area contributed by atoms with E-state index in [4.69, 9.17) is 5.73 Å². The maximum absolute atomic E-state index is 10.7. The molecule has 0 aromatic heterocycles. The van der Waals surface area contributed by atoms with Crippen molar-refractivity contribution in [1.82, 2.24) is 0 Å². The fourth-order valence-electron chi connectivity index (χ4n) is 2.59. The highest BCUT2D eigenvalue weighted by Crippen LogP contribution is 2.32. The molecule has 98 valence electrons. The van der Waals surface area contributed by atoms with E-state index in [2.05, 4.69) is 18.7 Å². The Bertz CT molecular complexity index is 462. The molecule has 5 heteroatoms. The van der Waals surface area contributed by atoms with Crippen molar-refractivity contribution in [3.05, 3.63) is 28.3 Å². The lowest BCUT2D eigenvalue weighted by Gasteiger charge is -2.39. The quantitative estimate of drug-likeness (QED) is 0.497. The third-order valence-electron chi connectivity index (χ3n) is 3.91. The van der Waals surface area contributed by atoms with E-state index in [1.807, 2.05) is 0 Å². The molecule has 2 rings (SSSR count). The van der Waals surface area contributed by atoms with Crippen LogP contribution in [0.4, 0.5) is 17.1 Å². The first-order valence-corrected chi connectivity index (χ1v) is 6.31. The van der Waals surface area contributed by atoms with Gasteiger partial charge in [0.2, 0.25) is 0 Å². The lowest BCUT2D eigenvalue weighted by molar-refractivity contribution is -0.383. The molecule has 18 heavy (non-hydrogen) atoms. The van der Waals surface area contributed by atoms with E-state index in [1.165, 1.54) is 12.5 Å². The summed E-state index contributed by atoms with van der Waals surface area (Å²) in [5.74, 6) is 0.634. The zero-order chi connectivity index (χ0) is 13.3. The zero-order valence-corrected chi connectivity index (χ0v) is 10.8. The van der Waals surface area contributed by atoms with E-state index < -0.39 is 4.92 Å². The van der Waals surface area contributed by atoms with E-state index in [-0.39, 0.29) is 11.4 Å². The number of nitro benzene ring substituents is 1. The predicted molar refractivity (Wildman–Crippen MR) is 72.7 cm³/mol. The second-order valence-corrected chi connectivity index (χ2v) is 5.05. The third kappa shape index (κ3) is 2.25. The molecule has 0 amide bonds. The molecular weight excluding hydrogens is 230 g/mol. The van der Waals surface area contributed by atoms with Gasteiger partial charge in [0.05, 0.1) is 4.92 Å². The van der Waals surface area contributed by atoms with Crippen LogP contribution in [0, 0.1) is 16.0 Å². The van der Waals surface area contributed by atoms with Gasteiger partial charge in [0.25, 0.3) is 5.69 Å². The highest BCUT2D eigenvalue weighted by atomic mass is 16.6. The Hall–Kier alpha value is -1.78. The summed E-state index contributed by atoms with van der Waals surface area (Å²) in [4.78, 5) is 12.6. The molecule has 0 spiro atoms. The molecule has 1 heterocycles. The molecule has 1 aliphatic rings. The molecule has 2 atom stereocenters. The first kappa shape index (κ1) is 12.7. The van der Waals surface area contributed by atoms with Crippen molar-refractivity contribution in [1.29, 1.82) is 0 Å². The SMILES string of the molecule is CC1CCCN(c2ccc([N+](=O)[O-])c(N)c2)C1C. The van der Waals surface area contributed by atoms with Crippen LogP contribution in [0.25, 0.3) is 0 Å². The standard InChI is InChI=1S/C13H19N3O2/c1-9-4-3-7-15(10(9)2)11-5-6-13(16(17)18)12(14)8-11/h5-6,8-10H,3-4,7,14H2,1-2H3. The van der Waals surface area contributed by atoms with Gasteiger partial charge in [0, 0.05) is 24.3 Å².